The van der Waals surface area contributed by atoms with Crippen LogP contribution in [0.4, 0.5) is 4.79 Å². The lowest BCUT2D eigenvalue weighted by Gasteiger charge is -2.26. The molecule has 0 unspecified atom stereocenters. The number of halogens is 1. The maximum absolute atomic E-state index is 12.7. The number of hydrogen-bond donors (Lipinski definition) is 0. The molecule has 2 aromatic carbocycles. The zero-order valence-corrected chi connectivity index (χ0v) is 19.8. The summed E-state index contributed by atoms with van der Waals surface area (Å²) in [6, 6.07) is 14.0. The van der Waals surface area contributed by atoms with E-state index in [1.807, 2.05) is 0 Å². The summed E-state index contributed by atoms with van der Waals surface area (Å²) in [6.45, 7) is 2.45. The highest BCUT2D eigenvalue weighted by atomic mass is 35.5. The molecule has 0 N–H and O–H groups in total. The van der Waals surface area contributed by atoms with Crippen LogP contribution >= 0.6 is 23.4 Å². The number of hydrogen-bond acceptors (Lipinski definition) is 7. The van der Waals surface area contributed by atoms with E-state index in [9.17, 15) is 14.4 Å². The van der Waals surface area contributed by atoms with Crippen molar-refractivity contribution in [1.82, 2.24) is 9.80 Å². The van der Waals surface area contributed by atoms with Crippen LogP contribution in [-0.2, 0) is 14.3 Å². The van der Waals surface area contributed by atoms with E-state index in [1.54, 1.807) is 59.5 Å². The molecule has 2 saturated heterocycles. The summed E-state index contributed by atoms with van der Waals surface area (Å²) < 4.78 is 16.4. The molecular formula is C24H23ClN2O6S. The first-order valence-electron chi connectivity index (χ1n) is 10.7. The average Bonchev–Trinajstić information content (AvgIpc) is 3.12. The fourth-order valence-electron chi connectivity index (χ4n) is 3.36. The molecule has 0 saturated carbocycles. The minimum absolute atomic E-state index is 0.0471. The smallest absolute Gasteiger partial charge is 0.293 e. The van der Waals surface area contributed by atoms with Crippen LogP contribution in [0.25, 0.3) is 6.08 Å². The van der Waals surface area contributed by atoms with Crippen LogP contribution in [0.1, 0.15) is 5.56 Å². The lowest BCUT2D eigenvalue weighted by Crippen LogP contribution is -2.42. The molecule has 2 aliphatic rings. The lowest BCUT2D eigenvalue weighted by molar-refractivity contribution is -0.137. The molecule has 2 aromatic rings. The Bertz CT molecular complexity index is 1090. The predicted octanol–water partition coefficient (Wildman–Crippen LogP) is 3.69. The van der Waals surface area contributed by atoms with Crippen LogP contribution in [0.3, 0.4) is 0 Å². The van der Waals surface area contributed by atoms with Crippen molar-refractivity contribution in [3.05, 3.63) is 64.0 Å². The highest BCUT2D eigenvalue weighted by molar-refractivity contribution is 8.18. The number of thioether (sulfide) groups is 1. The first kappa shape index (κ1) is 24.1. The van der Waals surface area contributed by atoms with Gasteiger partial charge in [0, 0.05) is 13.1 Å². The number of benzene rings is 2. The number of ether oxygens (including phenoxy) is 3. The summed E-state index contributed by atoms with van der Waals surface area (Å²) in [5, 5.41) is 0.120. The quantitative estimate of drug-likeness (QED) is 0.509. The average molecular weight is 503 g/mol. The summed E-state index contributed by atoms with van der Waals surface area (Å²) in [5.41, 5.74) is 0.740. The van der Waals surface area contributed by atoms with Crippen molar-refractivity contribution in [3.8, 4) is 11.5 Å². The van der Waals surface area contributed by atoms with Crippen molar-refractivity contribution in [2.24, 2.45) is 0 Å². The number of amides is 3. The van der Waals surface area contributed by atoms with Gasteiger partial charge in [-0.05, 0) is 47.7 Å². The van der Waals surface area contributed by atoms with Gasteiger partial charge in [-0.25, -0.2) is 0 Å². The second kappa shape index (κ2) is 11.4. The number of carbonyl (C=O) groups is 3. The molecule has 3 amide bonds. The molecule has 0 aliphatic carbocycles. The van der Waals surface area contributed by atoms with Gasteiger partial charge in [0.2, 0.25) is 0 Å². The molecule has 10 heteroatoms. The van der Waals surface area contributed by atoms with Crippen LogP contribution in [0.2, 0.25) is 5.02 Å². The Labute approximate surface area is 206 Å². The third-order valence-corrected chi connectivity index (χ3v) is 6.41. The standard InChI is InChI=1S/C24H23ClN2O6S/c25-19-3-1-2-4-20(19)32-14-11-27-23(29)21(34-24(27)30)15-17-5-7-18(8-6-17)33-16-22(28)26-9-12-31-13-10-26/h1-8,15H,9-14,16H2/b21-15-. The second-order valence-electron chi connectivity index (χ2n) is 7.46. The number of imide groups is 1. The molecule has 0 atom stereocenters. The summed E-state index contributed by atoms with van der Waals surface area (Å²) in [5.74, 6) is 0.595. The number of rotatable bonds is 8. The van der Waals surface area contributed by atoms with Gasteiger partial charge in [0.1, 0.15) is 18.1 Å². The Kier molecular flexibility index (Phi) is 8.10. The van der Waals surface area contributed by atoms with Gasteiger partial charge in [0.15, 0.2) is 6.61 Å². The summed E-state index contributed by atoms with van der Waals surface area (Å²) in [4.78, 5) is 40.4. The molecule has 178 valence electrons. The molecule has 34 heavy (non-hydrogen) atoms. The van der Waals surface area contributed by atoms with Crippen molar-refractivity contribution < 1.29 is 28.6 Å². The van der Waals surface area contributed by atoms with Gasteiger partial charge >= 0.3 is 0 Å². The summed E-state index contributed by atoms with van der Waals surface area (Å²) in [7, 11) is 0. The molecule has 2 fully saturated rings. The molecule has 2 aliphatic heterocycles. The normalized spacial score (nSPS) is 17.4. The van der Waals surface area contributed by atoms with Gasteiger partial charge in [-0.2, -0.15) is 0 Å². The molecule has 0 bridgehead atoms. The lowest BCUT2D eigenvalue weighted by atomic mass is 10.2. The Morgan fingerprint density at radius 2 is 1.79 bits per heavy atom. The van der Waals surface area contributed by atoms with Crippen LogP contribution < -0.4 is 9.47 Å². The zero-order valence-electron chi connectivity index (χ0n) is 18.3. The van der Waals surface area contributed by atoms with Crippen molar-refractivity contribution in [3.63, 3.8) is 0 Å². The van der Waals surface area contributed by atoms with E-state index in [1.165, 1.54) is 0 Å². The fourth-order valence-corrected chi connectivity index (χ4v) is 4.42. The van der Waals surface area contributed by atoms with Crippen LogP contribution in [-0.4, -0.2) is 72.9 Å². The Hall–Kier alpha value is -3.01. The fraction of sp³-hybridized carbons (Fsp3) is 0.292. The van der Waals surface area contributed by atoms with Gasteiger partial charge in [-0.15, -0.1) is 0 Å². The van der Waals surface area contributed by atoms with Gasteiger partial charge < -0.3 is 19.1 Å². The number of nitrogens with zero attached hydrogens (tertiary/aromatic N) is 2. The molecule has 0 spiro atoms. The van der Waals surface area contributed by atoms with Crippen LogP contribution in [0.15, 0.2) is 53.4 Å². The van der Waals surface area contributed by atoms with Crippen LogP contribution in [0.5, 0.6) is 11.5 Å². The minimum Gasteiger partial charge on any atom is -0.490 e. The monoisotopic (exact) mass is 502 g/mol. The number of carbonyl (C=O) groups excluding carboxylic acids is 3. The number of para-hydroxylation sites is 1. The maximum atomic E-state index is 12.7. The van der Waals surface area contributed by atoms with E-state index in [0.29, 0.717) is 47.7 Å². The molecular weight excluding hydrogens is 480 g/mol. The van der Waals surface area contributed by atoms with Crippen molar-refractivity contribution >= 4 is 46.5 Å². The Morgan fingerprint density at radius 1 is 1.06 bits per heavy atom. The van der Waals surface area contributed by atoms with E-state index in [-0.39, 0.29) is 36.8 Å². The Balaban J connectivity index is 1.29. The van der Waals surface area contributed by atoms with Crippen molar-refractivity contribution in [2.45, 2.75) is 0 Å². The van der Waals surface area contributed by atoms with E-state index in [0.717, 1.165) is 22.2 Å². The van der Waals surface area contributed by atoms with Crippen molar-refractivity contribution in [2.75, 3.05) is 46.1 Å². The van der Waals surface area contributed by atoms with Gasteiger partial charge in [0.25, 0.3) is 17.1 Å². The molecule has 8 nitrogen and oxygen atoms in total. The van der Waals surface area contributed by atoms with Gasteiger partial charge in [0.05, 0.1) is 29.7 Å². The third kappa shape index (κ3) is 6.11. The van der Waals surface area contributed by atoms with E-state index in [4.69, 9.17) is 25.8 Å². The SMILES string of the molecule is O=C(COc1ccc(/C=C2\SC(=O)N(CCOc3ccccc3Cl)C2=O)cc1)N1CCOCC1. The highest BCUT2D eigenvalue weighted by Crippen LogP contribution is 2.32. The Morgan fingerprint density at radius 3 is 2.53 bits per heavy atom. The third-order valence-electron chi connectivity index (χ3n) is 5.19. The van der Waals surface area contributed by atoms with E-state index in [2.05, 4.69) is 0 Å². The van der Waals surface area contributed by atoms with Crippen LogP contribution in [0, 0.1) is 0 Å². The van der Waals surface area contributed by atoms with E-state index < -0.39 is 0 Å². The molecule has 0 aromatic heterocycles. The second-order valence-corrected chi connectivity index (χ2v) is 8.86. The zero-order chi connectivity index (χ0) is 23.9. The van der Waals surface area contributed by atoms with Gasteiger partial charge in [-0.1, -0.05) is 35.9 Å². The molecule has 4 rings (SSSR count). The number of morpholine rings is 1. The minimum atomic E-state index is -0.366. The molecule has 2 heterocycles. The molecule has 0 radical (unpaired) electrons. The topological polar surface area (TPSA) is 85.4 Å². The van der Waals surface area contributed by atoms with E-state index >= 15 is 0 Å². The summed E-state index contributed by atoms with van der Waals surface area (Å²) in [6.07, 6.45) is 1.66. The highest BCUT2D eigenvalue weighted by Gasteiger charge is 2.34. The van der Waals surface area contributed by atoms with Gasteiger partial charge in [-0.3, -0.25) is 19.3 Å². The predicted molar refractivity (Wildman–Crippen MR) is 129 cm³/mol. The summed E-state index contributed by atoms with van der Waals surface area (Å²) >= 11 is 6.94. The van der Waals surface area contributed by atoms with Crippen molar-refractivity contribution in [1.29, 1.82) is 0 Å². The largest absolute Gasteiger partial charge is 0.490 e. The first-order valence-corrected chi connectivity index (χ1v) is 11.9. The maximum Gasteiger partial charge on any atom is 0.293 e. The first-order chi connectivity index (χ1) is 16.5.